The summed E-state index contributed by atoms with van der Waals surface area (Å²) in [5.41, 5.74) is 2.21. The maximum absolute atomic E-state index is 6.06. The molecule has 0 radical (unpaired) electrons. The van der Waals surface area contributed by atoms with E-state index < -0.39 is 0 Å². The maximum Gasteiger partial charge on any atom is 0.143 e. The summed E-state index contributed by atoms with van der Waals surface area (Å²) >= 11 is 0. The number of hydrogen-bond acceptors (Lipinski definition) is 5. The third-order valence-electron chi connectivity index (χ3n) is 4.18. The van der Waals surface area contributed by atoms with Gasteiger partial charge in [-0.1, -0.05) is 18.7 Å². The van der Waals surface area contributed by atoms with E-state index in [9.17, 15) is 0 Å². The molecule has 0 amide bonds. The lowest BCUT2D eigenvalue weighted by Gasteiger charge is -2.32. The van der Waals surface area contributed by atoms with Gasteiger partial charge in [-0.05, 0) is 12.1 Å². The molecule has 0 atom stereocenters. The second-order valence-electron chi connectivity index (χ2n) is 5.66. The fourth-order valence-electron chi connectivity index (χ4n) is 2.88. The Balaban J connectivity index is 1.60. The van der Waals surface area contributed by atoms with Crippen LogP contribution in [-0.4, -0.2) is 64.0 Å². The second kappa shape index (κ2) is 7.51. The molecule has 0 aromatic heterocycles. The van der Waals surface area contributed by atoms with E-state index in [-0.39, 0.29) is 0 Å². The van der Waals surface area contributed by atoms with Crippen LogP contribution < -0.4 is 15.0 Å². The minimum absolute atomic E-state index is 0.531. The Morgan fingerprint density at radius 2 is 1.86 bits per heavy atom. The van der Waals surface area contributed by atoms with Crippen molar-refractivity contribution in [3.8, 4) is 5.75 Å². The molecule has 0 saturated carbocycles. The summed E-state index contributed by atoms with van der Waals surface area (Å²) in [6.45, 7) is 12.1. The van der Waals surface area contributed by atoms with Crippen molar-refractivity contribution < 1.29 is 9.47 Å². The van der Waals surface area contributed by atoms with Gasteiger partial charge < -0.3 is 24.6 Å². The number of hydrogen-bond donors (Lipinski definition) is 1. The molecule has 2 fully saturated rings. The minimum Gasteiger partial charge on any atom is -0.485 e. The van der Waals surface area contributed by atoms with Crippen molar-refractivity contribution in [1.29, 1.82) is 0 Å². The van der Waals surface area contributed by atoms with Gasteiger partial charge in [0.25, 0.3) is 0 Å². The van der Waals surface area contributed by atoms with E-state index >= 15 is 0 Å². The molecule has 2 aliphatic heterocycles. The van der Waals surface area contributed by atoms with Crippen LogP contribution in [0.4, 0.5) is 5.69 Å². The first-order valence-corrected chi connectivity index (χ1v) is 8.02. The Bertz CT molecular complexity index is 494. The summed E-state index contributed by atoms with van der Waals surface area (Å²) in [4.78, 5) is 4.63. The van der Waals surface area contributed by atoms with Gasteiger partial charge in [0.1, 0.15) is 12.4 Å². The highest BCUT2D eigenvalue weighted by Gasteiger charge is 2.16. The number of anilines is 1. The molecule has 0 aliphatic carbocycles. The number of nitrogens with zero attached hydrogens (tertiary/aromatic N) is 2. The average Bonchev–Trinajstić information content (AvgIpc) is 2.61. The van der Waals surface area contributed by atoms with E-state index in [2.05, 4.69) is 33.8 Å². The van der Waals surface area contributed by atoms with Crippen LogP contribution in [0.15, 0.2) is 36.5 Å². The molecule has 2 aliphatic rings. The smallest absolute Gasteiger partial charge is 0.143 e. The molecule has 1 N–H and O–H groups in total. The van der Waals surface area contributed by atoms with Crippen molar-refractivity contribution in [3.63, 3.8) is 0 Å². The lowest BCUT2D eigenvalue weighted by atomic mass is 10.2. The first-order chi connectivity index (χ1) is 10.8. The molecule has 1 aromatic carbocycles. The Morgan fingerprint density at radius 1 is 1.14 bits per heavy atom. The van der Waals surface area contributed by atoms with Gasteiger partial charge in [-0.3, -0.25) is 0 Å². The van der Waals surface area contributed by atoms with Crippen molar-refractivity contribution in [3.05, 3.63) is 36.5 Å². The average molecular weight is 303 g/mol. The van der Waals surface area contributed by atoms with Crippen LogP contribution in [0.25, 0.3) is 0 Å². The highest BCUT2D eigenvalue weighted by Crippen LogP contribution is 2.28. The minimum atomic E-state index is 0.531. The second-order valence-corrected chi connectivity index (χ2v) is 5.66. The first kappa shape index (κ1) is 15.2. The van der Waals surface area contributed by atoms with Gasteiger partial charge in [0.05, 0.1) is 18.9 Å². The Labute approximate surface area is 132 Å². The van der Waals surface area contributed by atoms with Crippen molar-refractivity contribution in [1.82, 2.24) is 10.2 Å². The predicted octanol–water partition coefficient (Wildman–Crippen LogP) is 1.32. The highest BCUT2D eigenvalue weighted by atomic mass is 16.5. The van der Waals surface area contributed by atoms with E-state index in [1.54, 1.807) is 0 Å². The Kier molecular flexibility index (Phi) is 5.19. The van der Waals surface area contributed by atoms with Gasteiger partial charge in [-0.2, -0.15) is 0 Å². The summed E-state index contributed by atoms with van der Waals surface area (Å²) in [5.74, 6) is 0.943. The molecule has 0 spiro atoms. The van der Waals surface area contributed by atoms with Crippen LogP contribution in [0.5, 0.6) is 5.75 Å². The van der Waals surface area contributed by atoms with Gasteiger partial charge in [0, 0.05) is 45.0 Å². The molecule has 22 heavy (non-hydrogen) atoms. The van der Waals surface area contributed by atoms with Crippen molar-refractivity contribution in [2.75, 3.05) is 64.0 Å². The quantitative estimate of drug-likeness (QED) is 0.888. The van der Waals surface area contributed by atoms with Crippen LogP contribution in [0.1, 0.15) is 0 Å². The molecule has 0 unspecified atom stereocenters. The molecule has 5 nitrogen and oxygen atoms in total. The van der Waals surface area contributed by atoms with Crippen molar-refractivity contribution in [2.24, 2.45) is 0 Å². The largest absolute Gasteiger partial charge is 0.485 e. The molecular formula is C17H25N3O2. The van der Waals surface area contributed by atoms with Crippen molar-refractivity contribution in [2.45, 2.75) is 0 Å². The summed E-state index contributed by atoms with van der Waals surface area (Å²) < 4.78 is 11.4. The summed E-state index contributed by atoms with van der Waals surface area (Å²) in [5, 5.41) is 3.38. The third kappa shape index (κ3) is 3.72. The van der Waals surface area contributed by atoms with E-state index in [1.807, 2.05) is 12.1 Å². The molecule has 5 heteroatoms. The molecule has 3 rings (SSSR count). The SMILES string of the molecule is C=C(COc1ccccc1N1CCNCC1)N1CCOCC1. The maximum atomic E-state index is 6.06. The summed E-state index contributed by atoms with van der Waals surface area (Å²) in [6.07, 6.45) is 0. The number of piperazine rings is 1. The summed E-state index contributed by atoms with van der Waals surface area (Å²) in [7, 11) is 0. The van der Waals surface area contributed by atoms with Gasteiger partial charge in [-0.15, -0.1) is 0 Å². The number of rotatable bonds is 5. The summed E-state index contributed by atoms with van der Waals surface area (Å²) in [6, 6.07) is 8.28. The van der Waals surface area contributed by atoms with Crippen molar-refractivity contribution >= 4 is 5.69 Å². The van der Waals surface area contributed by atoms with Crippen LogP contribution >= 0.6 is 0 Å². The number of ether oxygens (including phenoxy) is 2. The molecular weight excluding hydrogens is 278 g/mol. The lowest BCUT2D eigenvalue weighted by molar-refractivity contribution is 0.0494. The van der Waals surface area contributed by atoms with E-state index in [0.717, 1.165) is 63.9 Å². The fraction of sp³-hybridized carbons (Fsp3) is 0.529. The van der Waals surface area contributed by atoms with E-state index in [4.69, 9.17) is 9.47 Å². The van der Waals surface area contributed by atoms with E-state index in [1.165, 1.54) is 5.69 Å². The van der Waals surface area contributed by atoms with Crippen LogP contribution in [-0.2, 0) is 4.74 Å². The first-order valence-electron chi connectivity index (χ1n) is 8.02. The fourth-order valence-corrected chi connectivity index (χ4v) is 2.88. The van der Waals surface area contributed by atoms with E-state index in [0.29, 0.717) is 6.61 Å². The van der Waals surface area contributed by atoms with Gasteiger partial charge >= 0.3 is 0 Å². The zero-order valence-electron chi connectivity index (χ0n) is 13.1. The number of para-hydroxylation sites is 2. The normalized spacial score (nSPS) is 19.1. The van der Waals surface area contributed by atoms with Crippen LogP contribution in [0.3, 0.4) is 0 Å². The zero-order chi connectivity index (χ0) is 15.2. The molecule has 1 aromatic rings. The highest BCUT2D eigenvalue weighted by molar-refractivity contribution is 5.58. The molecule has 2 heterocycles. The lowest BCUT2D eigenvalue weighted by Crippen LogP contribution is -2.43. The van der Waals surface area contributed by atoms with Gasteiger partial charge in [0.15, 0.2) is 0 Å². The molecule has 120 valence electrons. The van der Waals surface area contributed by atoms with Crippen LogP contribution in [0, 0.1) is 0 Å². The zero-order valence-corrected chi connectivity index (χ0v) is 13.1. The Morgan fingerprint density at radius 3 is 2.64 bits per heavy atom. The predicted molar refractivity (Wildman–Crippen MR) is 88.6 cm³/mol. The third-order valence-corrected chi connectivity index (χ3v) is 4.18. The number of benzene rings is 1. The molecule has 0 bridgehead atoms. The molecule has 2 saturated heterocycles. The van der Waals surface area contributed by atoms with Crippen LogP contribution in [0.2, 0.25) is 0 Å². The van der Waals surface area contributed by atoms with Gasteiger partial charge in [0.2, 0.25) is 0 Å². The number of nitrogens with one attached hydrogen (secondary N) is 1. The van der Waals surface area contributed by atoms with Gasteiger partial charge in [-0.25, -0.2) is 0 Å². The standard InChI is InChI=1S/C17H25N3O2/c1-15(19-10-12-21-13-11-19)14-22-17-5-3-2-4-16(17)20-8-6-18-7-9-20/h2-5,18H,1,6-14H2. The topological polar surface area (TPSA) is 37.0 Å². The Hall–Kier alpha value is -1.72. The number of morpholine rings is 1. The monoisotopic (exact) mass is 303 g/mol.